The second-order valence-corrected chi connectivity index (χ2v) is 4.95. The summed E-state index contributed by atoms with van der Waals surface area (Å²) in [6.45, 7) is 1.23. The molecule has 0 unspecified atom stereocenters. The zero-order chi connectivity index (χ0) is 13.3. The molecular weight excluding hydrogens is 252 g/mol. The largest absolute Gasteiger partial charge is 0.324 e. The molecule has 2 amide bonds. The van der Waals surface area contributed by atoms with Gasteiger partial charge in [-0.15, -0.1) is 11.8 Å². The van der Waals surface area contributed by atoms with Crippen LogP contribution in [0.1, 0.15) is 6.92 Å². The van der Waals surface area contributed by atoms with Gasteiger partial charge in [-0.2, -0.15) is 0 Å². The summed E-state index contributed by atoms with van der Waals surface area (Å²) in [4.78, 5) is 36.1. The summed E-state index contributed by atoms with van der Waals surface area (Å²) in [6, 6.07) is 5.28. The van der Waals surface area contributed by atoms with Crippen LogP contribution in [-0.2, 0) is 14.4 Å². The Labute approximate surface area is 109 Å². The monoisotopic (exact) mass is 264 g/mol. The lowest BCUT2D eigenvalue weighted by Crippen LogP contribution is -2.31. The molecule has 0 atom stereocenters. The molecule has 0 saturated heterocycles. The van der Waals surface area contributed by atoms with Crippen LogP contribution in [0.3, 0.4) is 0 Å². The number of hydrogen-bond donors (Lipinski definition) is 1. The topological polar surface area (TPSA) is 66.5 Å². The summed E-state index contributed by atoms with van der Waals surface area (Å²) >= 11 is 1.45. The third-order valence-electron chi connectivity index (χ3n) is 2.59. The minimum Gasteiger partial charge on any atom is -0.324 e. The molecule has 0 radical (unpaired) electrons. The number of likely N-dealkylation sites (N-methyl/N-ethyl adjacent to an activating group) is 1. The predicted molar refractivity (Wildman–Crippen MR) is 69.9 cm³/mol. The quantitative estimate of drug-likeness (QED) is 0.817. The molecule has 1 aliphatic rings. The number of nitrogens with zero attached hydrogens (tertiary/aromatic N) is 1. The highest BCUT2D eigenvalue weighted by atomic mass is 32.2. The first-order chi connectivity index (χ1) is 8.49. The Kier molecular flexibility index (Phi) is 3.38. The summed E-state index contributed by atoms with van der Waals surface area (Å²) in [5.41, 5.74) is 1.26. The maximum absolute atomic E-state index is 11.6. The number of benzene rings is 1. The molecule has 1 aliphatic heterocycles. The van der Waals surface area contributed by atoms with E-state index in [1.165, 1.54) is 30.6 Å². The Hall–Kier alpha value is -1.82. The van der Waals surface area contributed by atoms with E-state index >= 15 is 0 Å². The average Bonchev–Trinajstić information content (AvgIpc) is 2.35. The van der Waals surface area contributed by atoms with Gasteiger partial charge in [0.15, 0.2) is 0 Å². The highest BCUT2D eigenvalue weighted by Crippen LogP contribution is 2.34. The number of rotatable bonds is 2. The molecule has 1 aromatic rings. The molecule has 94 valence electrons. The van der Waals surface area contributed by atoms with Crippen molar-refractivity contribution in [1.82, 2.24) is 0 Å². The van der Waals surface area contributed by atoms with E-state index in [0.29, 0.717) is 17.1 Å². The Bertz CT molecular complexity index is 542. The van der Waals surface area contributed by atoms with Gasteiger partial charge in [-0.3, -0.25) is 14.4 Å². The number of hydrogen-bond acceptors (Lipinski definition) is 4. The van der Waals surface area contributed by atoms with E-state index in [-0.39, 0.29) is 5.91 Å². The molecule has 1 N–H and O–H groups in total. The van der Waals surface area contributed by atoms with Crippen LogP contribution >= 0.6 is 11.8 Å². The second kappa shape index (κ2) is 4.81. The summed E-state index contributed by atoms with van der Waals surface area (Å²) in [6.07, 6.45) is 0. The molecule has 5 nitrogen and oxygen atoms in total. The molecular formula is C12H12N2O3S. The molecule has 0 fully saturated rings. The summed E-state index contributed by atoms with van der Waals surface area (Å²) in [7, 11) is 1.53. The lowest BCUT2D eigenvalue weighted by molar-refractivity contribution is -0.134. The smallest absolute Gasteiger partial charge is 0.293 e. The van der Waals surface area contributed by atoms with E-state index in [9.17, 15) is 14.4 Å². The van der Waals surface area contributed by atoms with E-state index in [1.54, 1.807) is 12.1 Å². The van der Waals surface area contributed by atoms with Crippen molar-refractivity contribution in [2.45, 2.75) is 11.8 Å². The second-order valence-electron chi connectivity index (χ2n) is 3.94. The number of fused-ring (bicyclic) bond motifs is 1. The minimum atomic E-state index is -0.579. The molecule has 0 bridgehead atoms. The Balaban J connectivity index is 2.31. The van der Waals surface area contributed by atoms with Crippen molar-refractivity contribution in [3.63, 3.8) is 0 Å². The highest BCUT2D eigenvalue weighted by molar-refractivity contribution is 8.00. The van der Waals surface area contributed by atoms with Gasteiger partial charge in [0.2, 0.25) is 11.7 Å². The average molecular weight is 264 g/mol. The van der Waals surface area contributed by atoms with E-state index in [4.69, 9.17) is 0 Å². The maximum atomic E-state index is 11.6. The van der Waals surface area contributed by atoms with Crippen molar-refractivity contribution in [3.05, 3.63) is 18.2 Å². The third kappa shape index (κ3) is 2.38. The van der Waals surface area contributed by atoms with Gasteiger partial charge in [-0.05, 0) is 18.2 Å². The van der Waals surface area contributed by atoms with Crippen molar-refractivity contribution < 1.29 is 14.4 Å². The van der Waals surface area contributed by atoms with E-state index in [1.807, 2.05) is 6.07 Å². The molecule has 2 rings (SSSR count). The lowest BCUT2D eigenvalue weighted by Gasteiger charge is -2.20. The Morgan fingerprint density at radius 2 is 2.11 bits per heavy atom. The number of Topliss-reactive ketones (excluding diaryl/α,β-unsaturated/α-hetero) is 1. The summed E-state index contributed by atoms with van der Waals surface area (Å²) < 4.78 is 0. The van der Waals surface area contributed by atoms with Crippen molar-refractivity contribution >= 4 is 40.7 Å². The first-order valence-corrected chi connectivity index (χ1v) is 6.33. The molecule has 0 aliphatic carbocycles. The Morgan fingerprint density at radius 1 is 1.39 bits per heavy atom. The number of carbonyl (C=O) groups is 3. The van der Waals surface area contributed by atoms with Crippen molar-refractivity contribution in [1.29, 1.82) is 0 Å². The molecule has 1 aromatic carbocycles. The minimum absolute atomic E-state index is 0.0646. The first-order valence-electron chi connectivity index (χ1n) is 5.34. The van der Waals surface area contributed by atoms with Gasteiger partial charge in [0.05, 0.1) is 11.4 Å². The van der Waals surface area contributed by atoms with Crippen LogP contribution in [0, 0.1) is 0 Å². The number of amides is 2. The van der Waals surface area contributed by atoms with Gasteiger partial charge in [0, 0.05) is 24.6 Å². The number of carbonyl (C=O) groups excluding carboxylic acids is 3. The van der Waals surface area contributed by atoms with Crippen LogP contribution in [0.25, 0.3) is 0 Å². The van der Waals surface area contributed by atoms with Crippen molar-refractivity contribution in [3.8, 4) is 0 Å². The van der Waals surface area contributed by atoms with Crippen LogP contribution < -0.4 is 10.2 Å². The number of nitrogens with one attached hydrogen (secondary N) is 1. The fourth-order valence-electron chi connectivity index (χ4n) is 1.63. The SMILES string of the molecule is CC(=O)C(=O)N(C)c1ccc2c(c1)NC(=O)CS2. The zero-order valence-corrected chi connectivity index (χ0v) is 10.8. The molecule has 0 spiro atoms. The maximum Gasteiger partial charge on any atom is 0.293 e. The fourth-order valence-corrected chi connectivity index (χ4v) is 2.42. The number of ketones is 1. The van der Waals surface area contributed by atoms with Crippen LogP contribution in [0.4, 0.5) is 11.4 Å². The van der Waals surface area contributed by atoms with Gasteiger partial charge >= 0.3 is 0 Å². The predicted octanol–water partition coefficient (Wildman–Crippen LogP) is 1.28. The number of anilines is 2. The number of thioether (sulfide) groups is 1. The van der Waals surface area contributed by atoms with E-state index in [0.717, 1.165) is 4.90 Å². The molecule has 0 aromatic heterocycles. The van der Waals surface area contributed by atoms with E-state index in [2.05, 4.69) is 5.32 Å². The van der Waals surface area contributed by atoms with E-state index < -0.39 is 11.7 Å². The van der Waals surface area contributed by atoms with Gasteiger partial charge in [-0.25, -0.2) is 0 Å². The third-order valence-corrected chi connectivity index (χ3v) is 3.66. The van der Waals surface area contributed by atoms with Gasteiger partial charge in [0.1, 0.15) is 0 Å². The zero-order valence-electron chi connectivity index (χ0n) is 10.0. The van der Waals surface area contributed by atoms with Crippen LogP contribution in [0.5, 0.6) is 0 Å². The van der Waals surface area contributed by atoms with Crippen molar-refractivity contribution in [2.75, 3.05) is 23.0 Å². The van der Waals surface area contributed by atoms with Crippen LogP contribution in [-0.4, -0.2) is 30.4 Å². The molecule has 18 heavy (non-hydrogen) atoms. The summed E-state index contributed by atoms with van der Waals surface area (Å²) in [5.74, 6) is -0.766. The lowest BCUT2D eigenvalue weighted by atomic mass is 10.2. The van der Waals surface area contributed by atoms with Gasteiger partial charge in [0.25, 0.3) is 5.91 Å². The standard InChI is InChI=1S/C12H12N2O3S/c1-7(15)12(17)14(2)8-3-4-10-9(5-8)13-11(16)6-18-10/h3-5H,6H2,1-2H3,(H,13,16). The first kappa shape index (κ1) is 12.6. The normalized spacial score (nSPS) is 13.6. The fraction of sp³-hybridized carbons (Fsp3) is 0.250. The highest BCUT2D eigenvalue weighted by Gasteiger charge is 2.19. The summed E-state index contributed by atoms with van der Waals surface area (Å²) in [5, 5.41) is 2.74. The van der Waals surface area contributed by atoms with Gasteiger partial charge in [-0.1, -0.05) is 0 Å². The van der Waals surface area contributed by atoms with Crippen LogP contribution in [0.2, 0.25) is 0 Å². The van der Waals surface area contributed by atoms with Crippen LogP contribution in [0.15, 0.2) is 23.1 Å². The van der Waals surface area contributed by atoms with Gasteiger partial charge < -0.3 is 10.2 Å². The molecule has 6 heteroatoms. The molecule has 0 saturated carbocycles. The Morgan fingerprint density at radius 3 is 2.78 bits per heavy atom. The van der Waals surface area contributed by atoms with Crippen molar-refractivity contribution in [2.24, 2.45) is 0 Å². The molecule has 1 heterocycles.